The van der Waals surface area contributed by atoms with E-state index in [0.29, 0.717) is 36.6 Å². The van der Waals surface area contributed by atoms with E-state index in [4.69, 9.17) is 14.5 Å². The molecule has 0 spiro atoms. The number of hydrogen-bond donors (Lipinski definition) is 0. The van der Waals surface area contributed by atoms with Crippen LogP contribution in [0, 0.1) is 0 Å². The first-order valence-corrected chi connectivity index (χ1v) is 15.3. The Labute approximate surface area is 251 Å². The third kappa shape index (κ3) is 8.22. The summed E-state index contributed by atoms with van der Waals surface area (Å²) in [4.78, 5) is 44.7. The van der Waals surface area contributed by atoms with E-state index in [9.17, 15) is 14.4 Å². The molecule has 1 atom stereocenters. The number of anilines is 1. The molecular formula is C33H37N3O5S. The number of carbonyl (C=O) groups is 3. The van der Waals surface area contributed by atoms with Gasteiger partial charge >= 0.3 is 11.9 Å². The third-order valence-electron chi connectivity index (χ3n) is 6.76. The molecule has 220 valence electrons. The summed E-state index contributed by atoms with van der Waals surface area (Å²) in [5.41, 5.74) is 3.79. The number of amides is 1. The average Bonchev–Trinajstić information content (AvgIpc) is 3.34. The second kappa shape index (κ2) is 15.2. The van der Waals surface area contributed by atoms with Gasteiger partial charge in [0.1, 0.15) is 6.54 Å². The topological polar surface area (TPSA) is 90.7 Å². The van der Waals surface area contributed by atoms with Crippen molar-refractivity contribution in [3.63, 3.8) is 0 Å². The molecule has 9 heteroatoms. The van der Waals surface area contributed by atoms with E-state index in [0.717, 1.165) is 28.2 Å². The van der Waals surface area contributed by atoms with E-state index >= 15 is 0 Å². The fourth-order valence-corrected chi connectivity index (χ4v) is 5.37. The predicted molar refractivity (Wildman–Crippen MR) is 166 cm³/mol. The number of carbonyl (C=O) groups excluding carboxylic acids is 3. The average molecular weight is 588 g/mol. The SMILES string of the molecule is CCOC(=O)c1ccc(N(CCCSc2nc3ccccc3n2CC(=O)OC(C)CC)C(=O)Cc2ccccc2)cc1. The molecule has 0 fully saturated rings. The smallest absolute Gasteiger partial charge is 0.338 e. The van der Waals surface area contributed by atoms with Gasteiger partial charge in [0.2, 0.25) is 5.91 Å². The van der Waals surface area contributed by atoms with Crippen molar-refractivity contribution in [2.24, 2.45) is 0 Å². The van der Waals surface area contributed by atoms with Crippen LogP contribution in [0.1, 0.15) is 49.5 Å². The zero-order valence-electron chi connectivity index (χ0n) is 24.3. The van der Waals surface area contributed by atoms with Crippen molar-refractivity contribution < 1.29 is 23.9 Å². The molecule has 3 aromatic carbocycles. The van der Waals surface area contributed by atoms with Crippen LogP contribution in [0.4, 0.5) is 5.69 Å². The van der Waals surface area contributed by atoms with Gasteiger partial charge in [-0.15, -0.1) is 0 Å². The van der Waals surface area contributed by atoms with Crippen LogP contribution >= 0.6 is 11.8 Å². The number of imidazole rings is 1. The van der Waals surface area contributed by atoms with Gasteiger partial charge in [-0.25, -0.2) is 9.78 Å². The number of thioether (sulfide) groups is 1. The Morgan fingerprint density at radius 1 is 0.952 bits per heavy atom. The first kappa shape index (κ1) is 30.8. The predicted octanol–water partition coefficient (Wildman–Crippen LogP) is 6.31. The lowest BCUT2D eigenvalue weighted by molar-refractivity contribution is -0.149. The number of benzene rings is 3. The van der Waals surface area contributed by atoms with Crippen LogP contribution < -0.4 is 4.90 Å². The summed E-state index contributed by atoms with van der Waals surface area (Å²) in [6.07, 6.45) is 1.56. The van der Waals surface area contributed by atoms with Crippen LogP contribution in [-0.4, -0.2) is 52.4 Å². The lowest BCUT2D eigenvalue weighted by Crippen LogP contribution is -2.33. The van der Waals surface area contributed by atoms with Crippen molar-refractivity contribution >= 4 is 46.3 Å². The molecule has 0 aliphatic rings. The van der Waals surface area contributed by atoms with Gasteiger partial charge in [0.15, 0.2) is 5.16 Å². The van der Waals surface area contributed by atoms with Crippen LogP contribution in [0.3, 0.4) is 0 Å². The van der Waals surface area contributed by atoms with E-state index in [-0.39, 0.29) is 30.9 Å². The lowest BCUT2D eigenvalue weighted by atomic mass is 10.1. The lowest BCUT2D eigenvalue weighted by Gasteiger charge is -2.23. The molecule has 1 unspecified atom stereocenters. The van der Waals surface area contributed by atoms with Crippen LogP contribution in [0.15, 0.2) is 84.0 Å². The summed E-state index contributed by atoms with van der Waals surface area (Å²) in [5, 5.41) is 0.734. The number of para-hydroxylation sites is 2. The van der Waals surface area contributed by atoms with Gasteiger partial charge < -0.3 is 18.9 Å². The Kier molecular flexibility index (Phi) is 11.2. The van der Waals surface area contributed by atoms with Gasteiger partial charge in [0.05, 0.1) is 35.7 Å². The maximum Gasteiger partial charge on any atom is 0.338 e. The molecular weight excluding hydrogens is 550 g/mol. The molecule has 0 saturated heterocycles. The summed E-state index contributed by atoms with van der Waals surface area (Å²) in [6, 6.07) is 24.3. The van der Waals surface area contributed by atoms with E-state index in [1.54, 1.807) is 47.9 Å². The number of aromatic nitrogens is 2. The minimum Gasteiger partial charge on any atom is -0.462 e. The summed E-state index contributed by atoms with van der Waals surface area (Å²) in [5.74, 6) is -0.0355. The second-order valence-corrected chi connectivity index (χ2v) is 10.9. The van der Waals surface area contributed by atoms with Crippen LogP contribution in [-0.2, 0) is 32.0 Å². The minimum absolute atomic E-state index is 0.0323. The Morgan fingerprint density at radius 2 is 1.67 bits per heavy atom. The van der Waals surface area contributed by atoms with E-state index in [2.05, 4.69) is 0 Å². The quantitative estimate of drug-likeness (QED) is 0.0970. The molecule has 1 aromatic heterocycles. The molecule has 0 aliphatic heterocycles. The zero-order chi connectivity index (χ0) is 29.9. The standard InChI is InChI=1S/C33H37N3O5S/c1-4-24(3)41-31(38)23-36-29-15-10-9-14-28(29)34-33(36)42-21-11-20-35(30(37)22-25-12-7-6-8-13-25)27-18-16-26(17-19-27)32(39)40-5-2/h6-10,12-19,24H,4-5,11,20-23H2,1-3H3. The van der Waals surface area contributed by atoms with Crippen LogP contribution in [0.5, 0.6) is 0 Å². The zero-order valence-corrected chi connectivity index (χ0v) is 25.1. The first-order chi connectivity index (χ1) is 20.4. The number of esters is 2. The fourth-order valence-electron chi connectivity index (χ4n) is 4.43. The monoisotopic (exact) mass is 587 g/mol. The summed E-state index contributed by atoms with van der Waals surface area (Å²) >= 11 is 1.55. The van der Waals surface area contributed by atoms with Crippen LogP contribution in [0.2, 0.25) is 0 Å². The van der Waals surface area contributed by atoms with Gasteiger partial charge in [-0.05, 0) is 68.7 Å². The molecule has 0 bridgehead atoms. The van der Waals surface area contributed by atoms with Crippen molar-refractivity contribution in [2.45, 2.75) is 57.8 Å². The van der Waals surface area contributed by atoms with Gasteiger partial charge in [-0.2, -0.15) is 0 Å². The number of rotatable bonds is 14. The number of ether oxygens (including phenoxy) is 2. The van der Waals surface area contributed by atoms with Crippen molar-refractivity contribution in [1.82, 2.24) is 9.55 Å². The maximum atomic E-state index is 13.5. The summed E-state index contributed by atoms with van der Waals surface area (Å²) in [7, 11) is 0. The molecule has 4 rings (SSSR count). The Bertz CT molecular complexity index is 1490. The molecule has 1 heterocycles. The van der Waals surface area contributed by atoms with E-state index in [1.165, 1.54) is 0 Å². The molecule has 0 aliphatic carbocycles. The highest BCUT2D eigenvalue weighted by molar-refractivity contribution is 7.99. The number of fused-ring (bicyclic) bond motifs is 1. The van der Waals surface area contributed by atoms with Crippen molar-refractivity contribution in [3.05, 3.63) is 90.0 Å². The van der Waals surface area contributed by atoms with Crippen molar-refractivity contribution in [1.29, 1.82) is 0 Å². The van der Waals surface area contributed by atoms with Crippen molar-refractivity contribution in [3.8, 4) is 0 Å². The molecule has 1 amide bonds. The Hall–Kier alpha value is -4.11. The molecule has 0 radical (unpaired) electrons. The molecule has 8 nitrogen and oxygen atoms in total. The summed E-state index contributed by atoms with van der Waals surface area (Å²) < 4.78 is 12.5. The normalized spacial score (nSPS) is 11.7. The molecule has 42 heavy (non-hydrogen) atoms. The maximum absolute atomic E-state index is 13.5. The molecule has 0 saturated carbocycles. The Balaban J connectivity index is 1.47. The fraction of sp³-hybridized carbons (Fsp3) is 0.333. The summed E-state index contributed by atoms with van der Waals surface area (Å²) in [6.45, 7) is 6.49. The molecule has 0 N–H and O–H groups in total. The highest BCUT2D eigenvalue weighted by Crippen LogP contribution is 2.26. The Morgan fingerprint density at radius 3 is 2.38 bits per heavy atom. The number of hydrogen-bond acceptors (Lipinski definition) is 7. The van der Waals surface area contributed by atoms with Gasteiger partial charge in [0, 0.05) is 18.0 Å². The second-order valence-electron chi connectivity index (χ2n) is 9.86. The highest BCUT2D eigenvalue weighted by atomic mass is 32.2. The van der Waals surface area contributed by atoms with Crippen molar-refractivity contribution in [2.75, 3.05) is 23.8 Å². The van der Waals surface area contributed by atoms with Crippen LogP contribution in [0.25, 0.3) is 11.0 Å². The minimum atomic E-state index is -0.390. The van der Waals surface area contributed by atoms with E-state index in [1.807, 2.05) is 73.0 Å². The van der Waals surface area contributed by atoms with Gasteiger partial charge in [0.25, 0.3) is 0 Å². The van der Waals surface area contributed by atoms with E-state index < -0.39 is 5.97 Å². The van der Waals surface area contributed by atoms with Gasteiger partial charge in [-0.1, -0.05) is 61.2 Å². The molecule has 4 aromatic rings. The number of nitrogens with zero attached hydrogens (tertiary/aromatic N) is 3. The first-order valence-electron chi connectivity index (χ1n) is 14.3. The third-order valence-corrected chi connectivity index (χ3v) is 7.82. The highest BCUT2D eigenvalue weighted by Gasteiger charge is 2.19. The van der Waals surface area contributed by atoms with Gasteiger partial charge in [-0.3, -0.25) is 9.59 Å². The largest absolute Gasteiger partial charge is 0.462 e.